The lowest BCUT2D eigenvalue weighted by molar-refractivity contribution is -0.149. The standard InChI is InChI=1S/C13H20N2O4/c1-4-19-13(18)10(8-14-3)12(17)15-9(2)6-5-7-11(15)16/h8-9,14H,4-7H2,1-3H3. The van der Waals surface area contributed by atoms with Gasteiger partial charge in [-0.3, -0.25) is 14.5 Å². The molecular weight excluding hydrogens is 248 g/mol. The van der Waals surface area contributed by atoms with Gasteiger partial charge in [-0.1, -0.05) is 0 Å². The van der Waals surface area contributed by atoms with Crippen LogP contribution < -0.4 is 5.32 Å². The Morgan fingerprint density at radius 3 is 2.74 bits per heavy atom. The number of esters is 1. The fourth-order valence-electron chi connectivity index (χ4n) is 2.05. The molecule has 0 radical (unpaired) electrons. The van der Waals surface area contributed by atoms with Crippen molar-refractivity contribution in [3.05, 3.63) is 11.8 Å². The first-order valence-corrected chi connectivity index (χ1v) is 6.43. The number of carbonyl (C=O) groups excluding carboxylic acids is 3. The van der Waals surface area contributed by atoms with E-state index in [0.717, 1.165) is 17.7 Å². The van der Waals surface area contributed by atoms with Gasteiger partial charge in [-0.15, -0.1) is 0 Å². The second-order valence-corrected chi connectivity index (χ2v) is 4.38. The number of amides is 2. The molecule has 0 aliphatic carbocycles. The molecule has 1 atom stereocenters. The van der Waals surface area contributed by atoms with Gasteiger partial charge in [0.05, 0.1) is 6.61 Å². The molecule has 1 fully saturated rings. The average molecular weight is 268 g/mol. The highest BCUT2D eigenvalue weighted by Crippen LogP contribution is 2.20. The van der Waals surface area contributed by atoms with Crippen LogP contribution in [0.1, 0.15) is 33.1 Å². The number of rotatable bonds is 4. The maximum atomic E-state index is 12.3. The monoisotopic (exact) mass is 268 g/mol. The highest BCUT2D eigenvalue weighted by atomic mass is 16.5. The first kappa shape index (κ1) is 15.2. The number of ether oxygens (including phenoxy) is 1. The van der Waals surface area contributed by atoms with Gasteiger partial charge in [-0.2, -0.15) is 0 Å². The minimum atomic E-state index is -0.715. The summed E-state index contributed by atoms with van der Waals surface area (Å²) in [5.41, 5.74) is -0.147. The summed E-state index contributed by atoms with van der Waals surface area (Å²) in [5, 5.41) is 2.64. The number of carbonyl (C=O) groups is 3. The zero-order valence-corrected chi connectivity index (χ0v) is 11.6. The Bertz CT molecular complexity index is 403. The zero-order chi connectivity index (χ0) is 14.4. The van der Waals surface area contributed by atoms with Crippen molar-refractivity contribution < 1.29 is 19.1 Å². The number of piperidine rings is 1. The van der Waals surface area contributed by atoms with Crippen LogP contribution in [0, 0.1) is 0 Å². The van der Waals surface area contributed by atoms with Gasteiger partial charge in [0.25, 0.3) is 5.91 Å². The molecule has 1 rings (SSSR count). The molecule has 1 heterocycles. The largest absolute Gasteiger partial charge is 0.462 e. The molecule has 19 heavy (non-hydrogen) atoms. The van der Waals surface area contributed by atoms with Gasteiger partial charge >= 0.3 is 5.97 Å². The molecule has 0 aromatic heterocycles. The van der Waals surface area contributed by atoms with Crippen molar-refractivity contribution in [2.75, 3.05) is 13.7 Å². The highest BCUT2D eigenvalue weighted by Gasteiger charge is 2.34. The van der Waals surface area contributed by atoms with E-state index >= 15 is 0 Å². The van der Waals surface area contributed by atoms with Crippen molar-refractivity contribution in [1.82, 2.24) is 10.2 Å². The molecular formula is C13H20N2O4. The average Bonchev–Trinajstić information content (AvgIpc) is 2.35. The molecule has 6 nitrogen and oxygen atoms in total. The smallest absolute Gasteiger partial charge is 0.345 e. The van der Waals surface area contributed by atoms with Crippen molar-refractivity contribution in [2.24, 2.45) is 0 Å². The van der Waals surface area contributed by atoms with Crippen molar-refractivity contribution in [3.8, 4) is 0 Å². The maximum absolute atomic E-state index is 12.3. The van der Waals surface area contributed by atoms with Crippen LogP contribution in [0.15, 0.2) is 11.8 Å². The SMILES string of the molecule is CCOC(=O)C(=CNC)C(=O)N1C(=O)CCCC1C. The number of imide groups is 1. The van der Waals surface area contributed by atoms with Gasteiger partial charge < -0.3 is 10.1 Å². The summed E-state index contributed by atoms with van der Waals surface area (Å²) < 4.78 is 4.83. The fourth-order valence-corrected chi connectivity index (χ4v) is 2.05. The molecule has 1 saturated heterocycles. The van der Waals surface area contributed by atoms with Crippen LogP contribution in [0.4, 0.5) is 0 Å². The topological polar surface area (TPSA) is 75.7 Å². The molecule has 1 N–H and O–H groups in total. The van der Waals surface area contributed by atoms with Crippen LogP contribution in [0.5, 0.6) is 0 Å². The van der Waals surface area contributed by atoms with Crippen molar-refractivity contribution >= 4 is 17.8 Å². The van der Waals surface area contributed by atoms with Crippen LogP contribution >= 0.6 is 0 Å². The lowest BCUT2D eigenvalue weighted by Gasteiger charge is -2.31. The minimum absolute atomic E-state index is 0.147. The van der Waals surface area contributed by atoms with Crippen molar-refractivity contribution in [1.29, 1.82) is 0 Å². The van der Waals surface area contributed by atoms with Gasteiger partial charge in [0.1, 0.15) is 5.57 Å². The number of likely N-dealkylation sites (tertiary alicyclic amines) is 1. The second kappa shape index (κ2) is 6.92. The quantitative estimate of drug-likeness (QED) is 0.349. The predicted molar refractivity (Wildman–Crippen MR) is 68.9 cm³/mol. The van der Waals surface area contributed by atoms with E-state index < -0.39 is 11.9 Å². The summed E-state index contributed by atoms with van der Waals surface area (Å²) in [4.78, 5) is 37.1. The van der Waals surface area contributed by atoms with E-state index in [-0.39, 0.29) is 24.1 Å². The Labute approximate surface area is 112 Å². The summed E-state index contributed by atoms with van der Waals surface area (Å²) in [6.45, 7) is 3.64. The third kappa shape index (κ3) is 3.56. The van der Waals surface area contributed by atoms with E-state index in [1.54, 1.807) is 20.9 Å². The fraction of sp³-hybridized carbons (Fsp3) is 0.615. The molecule has 106 valence electrons. The highest BCUT2D eigenvalue weighted by molar-refractivity contribution is 6.20. The summed E-state index contributed by atoms with van der Waals surface area (Å²) in [7, 11) is 1.58. The summed E-state index contributed by atoms with van der Waals surface area (Å²) >= 11 is 0. The lowest BCUT2D eigenvalue weighted by Crippen LogP contribution is -2.47. The number of hydrogen-bond donors (Lipinski definition) is 1. The Balaban J connectivity index is 2.96. The van der Waals surface area contributed by atoms with Crippen molar-refractivity contribution in [3.63, 3.8) is 0 Å². The Kier molecular flexibility index (Phi) is 5.54. The van der Waals surface area contributed by atoms with E-state index in [4.69, 9.17) is 4.74 Å². The number of nitrogens with one attached hydrogen (secondary N) is 1. The molecule has 1 aliphatic rings. The van der Waals surface area contributed by atoms with E-state index in [2.05, 4.69) is 5.32 Å². The van der Waals surface area contributed by atoms with Crippen LogP contribution in [-0.4, -0.2) is 42.4 Å². The number of hydrogen-bond acceptors (Lipinski definition) is 5. The van der Waals surface area contributed by atoms with Crippen LogP contribution in [0.2, 0.25) is 0 Å². The number of nitrogens with zero attached hydrogens (tertiary/aromatic N) is 1. The predicted octanol–water partition coefficient (Wildman–Crippen LogP) is 0.580. The molecule has 0 aromatic carbocycles. The van der Waals surface area contributed by atoms with E-state index in [9.17, 15) is 14.4 Å². The Morgan fingerprint density at radius 2 is 2.21 bits per heavy atom. The van der Waals surface area contributed by atoms with Gasteiger partial charge in [0.15, 0.2) is 0 Å². The first-order valence-electron chi connectivity index (χ1n) is 6.43. The molecule has 1 aliphatic heterocycles. The molecule has 2 amide bonds. The molecule has 0 saturated carbocycles. The zero-order valence-electron chi connectivity index (χ0n) is 11.6. The van der Waals surface area contributed by atoms with Gasteiger partial charge in [0.2, 0.25) is 5.91 Å². The van der Waals surface area contributed by atoms with Gasteiger partial charge in [-0.25, -0.2) is 4.79 Å². The van der Waals surface area contributed by atoms with E-state index in [1.165, 1.54) is 6.20 Å². The first-order chi connectivity index (χ1) is 9.02. The maximum Gasteiger partial charge on any atom is 0.345 e. The Morgan fingerprint density at radius 1 is 1.53 bits per heavy atom. The van der Waals surface area contributed by atoms with Crippen LogP contribution in [0.3, 0.4) is 0 Å². The van der Waals surface area contributed by atoms with Gasteiger partial charge in [0, 0.05) is 25.7 Å². The van der Waals surface area contributed by atoms with Crippen LogP contribution in [0.25, 0.3) is 0 Å². The molecule has 1 unspecified atom stereocenters. The summed E-state index contributed by atoms with van der Waals surface area (Å²) in [5.74, 6) is -1.55. The minimum Gasteiger partial charge on any atom is -0.462 e. The molecule has 0 aromatic rings. The third-order valence-electron chi connectivity index (χ3n) is 2.96. The normalized spacial score (nSPS) is 20.2. The van der Waals surface area contributed by atoms with E-state index in [0.29, 0.717) is 6.42 Å². The summed E-state index contributed by atoms with van der Waals surface area (Å²) in [6.07, 6.45) is 3.14. The third-order valence-corrected chi connectivity index (χ3v) is 2.96. The van der Waals surface area contributed by atoms with Gasteiger partial charge in [-0.05, 0) is 26.7 Å². The Hall–Kier alpha value is -1.85. The molecule has 0 spiro atoms. The van der Waals surface area contributed by atoms with Crippen LogP contribution in [-0.2, 0) is 19.1 Å². The molecule has 6 heteroatoms. The van der Waals surface area contributed by atoms with Crippen molar-refractivity contribution in [2.45, 2.75) is 39.2 Å². The lowest BCUT2D eigenvalue weighted by atomic mass is 10.0. The summed E-state index contributed by atoms with van der Waals surface area (Å²) in [6, 6.07) is -0.191. The van der Waals surface area contributed by atoms with E-state index in [1.807, 2.05) is 0 Å². The molecule has 0 bridgehead atoms. The second-order valence-electron chi connectivity index (χ2n) is 4.38.